The molecule has 0 aliphatic heterocycles. The predicted octanol–water partition coefficient (Wildman–Crippen LogP) is 9.99. The van der Waals surface area contributed by atoms with Gasteiger partial charge >= 0.3 is 5.97 Å². The number of hydrogen-bond donors (Lipinski definition) is 0. The fourth-order valence-electron chi connectivity index (χ4n) is 6.73. The monoisotopic (exact) mass is 564 g/mol. The highest BCUT2D eigenvalue weighted by Crippen LogP contribution is 2.40. The van der Waals surface area contributed by atoms with Gasteiger partial charge in [-0.25, -0.2) is 4.79 Å². The van der Waals surface area contributed by atoms with Crippen molar-refractivity contribution in [2.24, 2.45) is 0 Å². The second-order valence-corrected chi connectivity index (χ2v) is 12.2. The molecule has 0 radical (unpaired) electrons. The lowest BCUT2D eigenvalue weighted by Gasteiger charge is -2.29. The molecule has 1 fully saturated rings. The molecule has 0 atom stereocenters. The van der Waals surface area contributed by atoms with E-state index in [2.05, 4.69) is 74.2 Å². The molecule has 0 saturated heterocycles. The molecule has 3 heteroatoms. The standard InChI is InChI=1S/C39H48O3/c1-3-5-8-11-29-12-22-37-34(26-29)28-35-27-33(19-23-38(35)37)32-15-13-30(14-16-32)31-17-20-36(21-18-31)41-24-9-6-7-10-25-42-39(40)4-2/h4,12-16,19,22-23,26-27,31,36H,2-3,5-11,17-18,20-21,24-25,28H2,1H3. The van der Waals surface area contributed by atoms with Crippen molar-refractivity contribution >= 4 is 5.97 Å². The van der Waals surface area contributed by atoms with Gasteiger partial charge in [-0.15, -0.1) is 0 Å². The number of ether oxygens (including phenoxy) is 2. The van der Waals surface area contributed by atoms with E-state index in [9.17, 15) is 4.79 Å². The van der Waals surface area contributed by atoms with Crippen LogP contribution in [0.4, 0.5) is 0 Å². The van der Waals surface area contributed by atoms with Gasteiger partial charge in [0.15, 0.2) is 0 Å². The molecule has 5 rings (SSSR count). The van der Waals surface area contributed by atoms with Crippen LogP contribution in [0.25, 0.3) is 22.3 Å². The summed E-state index contributed by atoms with van der Waals surface area (Å²) in [7, 11) is 0. The highest BCUT2D eigenvalue weighted by molar-refractivity contribution is 5.81. The Hall–Kier alpha value is -3.17. The Labute approximate surface area is 253 Å². The molecular formula is C39H48O3. The molecule has 2 aliphatic rings. The zero-order valence-corrected chi connectivity index (χ0v) is 25.5. The van der Waals surface area contributed by atoms with E-state index in [-0.39, 0.29) is 5.97 Å². The van der Waals surface area contributed by atoms with Crippen LogP contribution in [0, 0.1) is 0 Å². The summed E-state index contributed by atoms with van der Waals surface area (Å²) in [5.74, 6) is 0.306. The van der Waals surface area contributed by atoms with Crippen molar-refractivity contribution < 1.29 is 14.3 Å². The van der Waals surface area contributed by atoms with E-state index in [1.54, 1.807) is 0 Å². The Morgan fingerprint density at radius 2 is 1.48 bits per heavy atom. The molecule has 0 spiro atoms. The molecule has 222 valence electrons. The summed E-state index contributed by atoms with van der Waals surface area (Å²) in [6, 6.07) is 23.6. The van der Waals surface area contributed by atoms with E-state index in [1.807, 2.05) is 0 Å². The fourth-order valence-corrected chi connectivity index (χ4v) is 6.73. The van der Waals surface area contributed by atoms with Gasteiger partial charge in [0, 0.05) is 12.7 Å². The van der Waals surface area contributed by atoms with Crippen LogP contribution in [-0.2, 0) is 27.1 Å². The third kappa shape index (κ3) is 8.01. The van der Waals surface area contributed by atoms with Crippen molar-refractivity contribution in [3.05, 3.63) is 95.6 Å². The smallest absolute Gasteiger partial charge is 0.330 e. The Morgan fingerprint density at radius 3 is 2.21 bits per heavy atom. The summed E-state index contributed by atoms with van der Waals surface area (Å²) >= 11 is 0. The number of benzene rings is 3. The van der Waals surface area contributed by atoms with E-state index in [1.165, 1.54) is 89.1 Å². The van der Waals surface area contributed by atoms with Crippen LogP contribution in [-0.4, -0.2) is 25.3 Å². The fraction of sp³-hybridized carbons (Fsp3) is 0.462. The van der Waals surface area contributed by atoms with Crippen LogP contribution >= 0.6 is 0 Å². The number of unbranched alkanes of at least 4 members (excludes halogenated alkanes) is 5. The van der Waals surface area contributed by atoms with Gasteiger partial charge in [-0.2, -0.15) is 0 Å². The van der Waals surface area contributed by atoms with Crippen LogP contribution in [0.15, 0.2) is 73.3 Å². The summed E-state index contributed by atoms with van der Waals surface area (Å²) in [5.41, 5.74) is 11.4. The lowest BCUT2D eigenvalue weighted by atomic mass is 9.82. The van der Waals surface area contributed by atoms with Gasteiger partial charge in [0.05, 0.1) is 12.7 Å². The van der Waals surface area contributed by atoms with Crippen molar-refractivity contribution in [3.8, 4) is 22.3 Å². The number of fused-ring (bicyclic) bond motifs is 3. The molecule has 3 aromatic carbocycles. The van der Waals surface area contributed by atoms with Crippen LogP contribution in [0.2, 0.25) is 0 Å². The number of esters is 1. The Balaban J connectivity index is 1.05. The van der Waals surface area contributed by atoms with E-state index in [0.29, 0.717) is 18.6 Å². The van der Waals surface area contributed by atoms with E-state index in [0.717, 1.165) is 51.6 Å². The third-order valence-electron chi connectivity index (χ3n) is 9.21. The molecule has 0 bridgehead atoms. The molecule has 2 aliphatic carbocycles. The minimum absolute atomic E-state index is 0.332. The van der Waals surface area contributed by atoms with Crippen molar-refractivity contribution in [1.29, 1.82) is 0 Å². The predicted molar refractivity (Wildman–Crippen MR) is 174 cm³/mol. The van der Waals surface area contributed by atoms with E-state index >= 15 is 0 Å². The molecule has 1 saturated carbocycles. The SMILES string of the molecule is C=CC(=O)OCCCCCCOC1CCC(c2ccc(-c3ccc4c(c3)Cc3cc(CCCCC)ccc3-4)cc2)CC1. The Morgan fingerprint density at radius 1 is 0.786 bits per heavy atom. The first kappa shape index (κ1) is 30.3. The lowest BCUT2D eigenvalue weighted by Crippen LogP contribution is -2.21. The first-order valence-corrected chi connectivity index (χ1v) is 16.4. The molecule has 0 amide bonds. The van der Waals surface area contributed by atoms with Crippen molar-refractivity contribution in [2.45, 2.75) is 102 Å². The van der Waals surface area contributed by atoms with Crippen molar-refractivity contribution in [1.82, 2.24) is 0 Å². The Kier molecular flexibility index (Phi) is 11.1. The van der Waals surface area contributed by atoms with Gasteiger partial charge in [-0.3, -0.25) is 0 Å². The molecule has 0 heterocycles. The average molecular weight is 565 g/mol. The quantitative estimate of drug-likeness (QED) is 0.0819. The van der Waals surface area contributed by atoms with Gasteiger partial charge in [0.1, 0.15) is 0 Å². The number of carbonyl (C=O) groups is 1. The first-order chi connectivity index (χ1) is 20.6. The number of hydrogen-bond acceptors (Lipinski definition) is 3. The summed E-state index contributed by atoms with van der Waals surface area (Å²) in [6.45, 7) is 7.01. The maximum absolute atomic E-state index is 11.1. The summed E-state index contributed by atoms with van der Waals surface area (Å²) in [5, 5.41) is 0. The highest BCUT2D eigenvalue weighted by atomic mass is 16.5. The molecule has 3 nitrogen and oxygen atoms in total. The topological polar surface area (TPSA) is 35.5 Å². The molecule has 42 heavy (non-hydrogen) atoms. The van der Waals surface area contributed by atoms with Gasteiger partial charge in [0.25, 0.3) is 0 Å². The summed E-state index contributed by atoms with van der Waals surface area (Å²) in [4.78, 5) is 11.1. The maximum atomic E-state index is 11.1. The van der Waals surface area contributed by atoms with E-state index < -0.39 is 0 Å². The summed E-state index contributed by atoms with van der Waals surface area (Å²) < 4.78 is 11.2. The molecular weight excluding hydrogens is 516 g/mol. The third-order valence-corrected chi connectivity index (χ3v) is 9.21. The van der Waals surface area contributed by atoms with Crippen LogP contribution in [0.1, 0.15) is 106 Å². The van der Waals surface area contributed by atoms with Crippen LogP contribution < -0.4 is 0 Å². The average Bonchev–Trinajstić information content (AvgIpc) is 3.39. The highest BCUT2D eigenvalue weighted by Gasteiger charge is 2.23. The van der Waals surface area contributed by atoms with Crippen LogP contribution in [0.3, 0.4) is 0 Å². The normalized spacial score (nSPS) is 17.5. The van der Waals surface area contributed by atoms with Crippen LogP contribution in [0.5, 0.6) is 0 Å². The molecule has 0 aromatic heterocycles. The second kappa shape index (κ2) is 15.3. The molecule has 0 unspecified atom stereocenters. The molecule has 0 N–H and O–H groups in total. The number of aryl methyl sites for hydroxylation is 1. The summed E-state index contributed by atoms with van der Waals surface area (Å²) in [6.07, 6.45) is 16.6. The maximum Gasteiger partial charge on any atom is 0.330 e. The first-order valence-electron chi connectivity index (χ1n) is 16.4. The second-order valence-electron chi connectivity index (χ2n) is 12.2. The zero-order chi connectivity index (χ0) is 29.1. The van der Waals surface area contributed by atoms with Crippen molar-refractivity contribution in [2.75, 3.05) is 13.2 Å². The number of carbonyl (C=O) groups excluding carboxylic acids is 1. The largest absolute Gasteiger partial charge is 0.463 e. The number of rotatable bonds is 15. The van der Waals surface area contributed by atoms with Gasteiger partial charge in [0.2, 0.25) is 0 Å². The van der Waals surface area contributed by atoms with Gasteiger partial charge in [-0.05, 0) is 115 Å². The lowest BCUT2D eigenvalue weighted by molar-refractivity contribution is -0.137. The molecule has 3 aromatic rings. The minimum atomic E-state index is -0.332. The van der Waals surface area contributed by atoms with Gasteiger partial charge < -0.3 is 9.47 Å². The Bertz CT molecular complexity index is 1310. The van der Waals surface area contributed by atoms with Gasteiger partial charge in [-0.1, -0.05) is 93.4 Å². The minimum Gasteiger partial charge on any atom is -0.463 e. The van der Waals surface area contributed by atoms with E-state index in [4.69, 9.17) is 9.47 Å². The zero-order valence-electron chi connectivity index (χ0n) is 25.5. The van der Waals surface area contributed by atoms with Crippen molar-refractivity contribution in [3.63, 3.8) is 0 Å².